The molecule has 0 unspecified atom stereocenters. The Balaban J connectivity index is 1.55. The summed E-state index contributed by atoms with van der Waals surface area (Å²) in [7, 11) is 0. The highest BCUT2D eigenvalue weighted by atomic mass is 16.5. The highest BCUT2D eigenvalue weighted by molar-refractivity contribution is 5.97. The fourth-order valence-electron chi connectivity index (χ4n) is 5.58. The second kappa shape index (κ2) is 9.38. The first-order chi connectivity index (χ1) is 17.2. The van der Waals surface area contributed by atoms with Gasteiger partial charge in [-0.25, -0.2) is 0 Å². The Kier molecular flexibility index (Phi) is 6.40. The van der Waals surface area contributed by atoms with E-state index in [1.54, 1.807) is 23.6 Å². The number of amides is 2. The topological polar surface area (TPSA) is 118 Å². The maximum atomic E-state index is 13.3. The van der Waals surface area contributed by atoms with Gasteiger partial charge in [-0.1, -0.05) is 13.8 Å². The third-order valence-corrected chi connectivity index (χ3v) is 7.59. The molecule has 10 nitrogen and oxygen atoms in total. The van der Waals surface area contributed by atoms with Gasteiger partial charge in [0.15, 0.2) is 5.56 Å². The molecule has 3 fully saturated rings. The molecule has 2 aromatic rings. The predicted molar refractivity (Wildman–Crippen MR) is 134 cm³/mol. The maximum absolute atomic E-state index is 13.3. The predicted octanol–water partition coefficient (Wildman–Crippen LogP) is 2.24. The van der Waals surface area contributed by atoms with Crippen molar-refractivity contribution in [2.75, 3.05) is 19.8 Å². The SMILES string of the molecule is Cc1nn2c(=O)c(C(=O)NC3CC3)c(O)n(CC(C)C)c2c1C=CC(=O)N1CCCC12CCOCC2. The molecule has 3 aliphatic rings. The zero-order valence-corrected chi connectivity index (χ0v) is 21.2. The van der Waals surface area contributed by atoms with Gasteiger partial charge in [0.25, 0.3) is 11.5 Å². The number of aryl methyl sites for hydroxylation is 1. The van der Waals surface area contributed by atoms with Gasteiger partial charge < -0.3 is 20.1 Å². The van der Waals surface area contributed by atoms with Crippen molar-refractivity contribution in [2.45, 2.75) is 77.4 Å². The fourth-order valence-corrected chi connectivity index (χ4v) is 5.58. The van der Waals surface area contributed by atoms with E-state index in [0.717, 1.165) is 45.1 Å². The van der Waals surface area contributed by atoms with Gasteiger partial charge in [0, 0.05) is 49.5 Å². The molecule has 1 spiro atoms. The molecule has 2 aromatic heterocycles. The lowest BCUT2D eigenvalue weighted by molar-refractivity contribution is -0.133. The molecule has 1 aliphatic carbocycles. The van der Waals surface area contributed by atoms with Crippen LogP contribution in [0.4, 0.5) is 0 Å². The summed E-state index contributed by atoms with van der Waals surface area (Å²) in [5.41, 5.74) is 0.370. The third-order valence-electron chi connectivity index (χ3n) is 7.59. The average Bonchev–Trinajstić information content (AvgIpc) is 3.46. The van der Waals surface area contributed by atoms with E-state index in [0.29, 0.717) is 36.7 Å². The summed E-state index contributed by atoms with van der Waals surface area (Å²) in [6, 6.07) is 0.0408. The minimum atomic E-state index is -0.671. The van der Waals surface area contributed by atoms with Crippen molar-refractivity contribution >= 4 is 23.5 Å². The minimum Gasteiger partial charge on any atom is -0.494 e. The van der Waals surface area contributed by atoms with Crippen LogP contribution in [0.3, 0.4) is 0 Å². The number of hydrogen-bond acceptors (Lipinski definition) is 6. The highest BCUT2D eigenvalue weighted by Crippen LogP contribution is 2.38. The zero-order chi connectivity index (χ0) is 25.6. The van der Waals surface area contributed by atoms with Gasteiger partial charge in [0.1, 0.15) is 5.65 Å². The van der Waals surface area contributed by atoms with Crippen LogP contribution in [0.1, 0.15) is 74.0 Å². The molecule has 2 amide bonds. The van der Waals surface area contributed by atoms with E-state index in [1.807, 2.05) is 18.7 Å². The Morgan fingerprint density at radius 3 is 2.64 bits per heavy atom. The van der Waals surface area contributed by atoms with Gasteiger partial charge in [0.05, 0.1) is 5.69 Å². The Hall–Kier alpha value is -3.14. The van der Waals surface area contributed by atoms with Gasteiger partial charge in [0.2, 0.25) is 11.8 Å². The molecule has 5 rings (SSSR count). The number of rotatable bonds is 6. The van der Waals surface area contributed by atoms with Gasteiger partial charge in [-0.3, -0.25) is 19.0 Å². The van der Waals surface area contributed by atoms with E-state index in [2.05, 4.69) is 10.4 Å². The average molecular weight is 498 g/mol. The summed E-state index contributed by atoms with van der Waals surface area (Å²) in [6.07, 6.45) is 8.61. The van der Waals surface area contributed by atoms with Crippen LogP contribution in [-0.4, -0.2) is 67.3 Å². The Morgan fingerprint density at radius 2 is 1.97 bits per heavy atom. The molecule has 36 heavy (non-hydrogen) atoms. The molecule has 10 heteroatoms. The molecule has 2 saturated heterocycles. The van der Waals surface area contributed by atoms with Crippen LogP contribution in [0, 0.1) is 12.8 Å². The molecule has 4 heterocycles. The van der Waals surface area contributed by atoms with Gasteiger partial charge in [-0.05, 0) is 57.4 Å². The molecule has 1 saturated carbocycles. The quantitative estimate of drug-likeness (QED) is 0.591. The zero-order valence-electron chi connectivity index (χ0n) is 21.2. The van der Waals surface area contributed by atoms with Crippen LogP contribution in [0.2, 0.25) is 0 Å². The van der Waals surface area contributed by atoms with Crippen LogP contribution in [0.25, 0.3) is 11.7 Å². The summed E-state index contributed by atoms with van der Waals surface area (Å²) >= 11 is 0. The standard InChI is InChI=1S/C26H35N5O5/c1-16(2)15-29-23-19(7-8-20(32)30-12-4-9-26(30)10-13-36-14-11-26)17(3)28-31(23)25(35)21(24(29)34)22(33)27-18-5-6-18/h7-8,16,18,34H,4-6,9-15H2,1-3H3,(H,27,33). The molecule has 2 N–H and O–H groups in total. The number of aromatic hydroxyl groups is 1. The highest BCUT2D eigenvalue weighted by Gasteiger charge is 2.43. The van der Waals surface area contributed by atoms with E-state index >= 15 is 0 Å². The van der Waals surface area contributed by atoms with Crippen molar-refractivity contribution in [3.63, 3.8) is 0 Å². The monoisotopic (exact) mass is 497 g/mol. The fraction of sp³-hybridized carbons (Fsp3) is 0.615. The van der Waals surface area contributed by atoms with Crippen molar-refractivity contribution in [3.8, 4) is 5.88 Å². The summed E-state index contributed by atoms with van der Waals surface area (Å²) in [4.78, 5) is 41.4. The third kappa shape index (κ3) is 4.31. The van der Waals surface area contributed by atoms with Crippen LogP contribution in [0.15, 0.2) is 10.9 Å². The van der Waals surface area contributed by atoms with Crippen LogP contribution in [0.5, 0.6) is 5.88 Å². The lowest BCUT2D eigenvalue weighted by Crippen LogP contribution is -2.50. The number of carbonyl (C=O) groups excluding carboxylic acids is 2. The number of ether oxygens (including phenoxy) is 1. The normalized spacial score (nSPS) is 19.7. The smallest absolute Gasteiger partial charge is 0.291 e. The molecule has 2 aliphatic heterocycles. The van der Waals surface area contributed by atoms with Gasteiger partial charge >= 0.3 is 0 Å². The van der Waals surface area contributed by atoms with Crippen LogP contribution < -0.4 is 10.9 Å². The van der Waals surface area contributed by atoms with Crippen molar-refractivity contribution in [1.29, 1.82) is 0 Å². The number of carbonyl (C=O) groups is 2. The molecular weight excluding hydrogens is 462 g/mol. The first kappa shape index (κ1) is 24.5. The van der Waals surface area contributed by atoms with E-state index in [-0.39, 0.29) is 34.8 Å². The first-order valence-corrected chi connectivity index (χ1v) is 13.0. The second-order valence-electron chi connectivity index (χ2n) is 10.8. The van der Waals surface area contributed by atoms with Crippen LogP contribution >= 0.6 is 0 Å². The van der Waals surface area contributed by atoms with Gasteiger partial charge in [-0.15, -0.1) is 0 Å². The number of nitrogens with zero attached hydrogens (tertiary/aromatic N) is 4. The number of nitrogens with one attached hydrogen (secondary N) is 1. The maximum Gasteiger partial charge on any atom is 0.291 e. The Bertz CT molecular complexity index is 1280. The molecule has 194 valence electrons. The van der Waals surface area contributed by atoms with E-state index in [4.69, 9.17) is 4.74 Å². The Morgan fingerprint density at radius 1 is 1.25 bits per heavy atom. The summed E-state index contributed by atoms with van der Waals surface area (Å²) in [6.45, 7) is 8.15. The summed E-state index contributed by atoms with van der Waals surface area (Å²) < 4.78 is 8.28. The molecule has 0 aromatic carbocycles. The largest absolute Gasteiger partial charge is 0.494 e. The van der Waals surface area contributed by atoms with E-state index < -0.39 is 11.5 Å². The summed E-state index contributed by atoms with van der Waals surface area (Å²) in [5.74, 6) is -0.916. The van der Waals surface area contributed by atoms with Crippen LogP contribution in [-0.2, 0) is 16.1 Å². The number of likely N-dealkylation sites (tertiary alicyclic amines) is 1. The van der Waals surface area contributed by atoms with Crippen molar-refractivity contribution < 1.29 is 19.4 Å². The van der Waals surface area contributed by atoms with Crippen molar-refractivity contribution in [3.05, 3.63) is 33.3 Å². The van der Waals surface area contributed by atoms with E-state index in [9.17, 15) is 19.5 Å². The lowest BCUT2D eigenvalue weighted by Gasteiger charge is -2.41. The summed E-state index contributed by atoms with van der Waals surface area (Å²) in [5, 5.41) is 18.3. The minimum absolute atomic E-state index is 0.0408. The molecule has 0 radical (unpaired) electrons. The van der Waals surface area contributed by atoms with Gasteiger partial charge in [-0.2, -0.15) is 9.61 Å². The number of hydrogen-bond donors (Lipinski definition) is 2. The first-order valence-electron chi connectivity index (χ1n) is 13.0. The van der Waals surface area contributed by atoms with E-state index in [1.165, 1.54) is 4.52 Å². The number of fused-ring (bicyclic) bond motifs is 1. The molecule has 0 atom stereocenters. The number of aromatic nitrogens is 3. The van der Waals surface area contributed by atoms with Crippen molar-refractivity contribution in [1.82, 2.24) is 24.4 Å². The lowest BCUT2D eigenvalue weighted by atomic mass is 9.87. The van der Waals surface area contributed by atoms with Crippen molar-refractivity contribution in [2.24, 2.45) is 5.92 Å². The molecular formula is C26H35N5O5. The Labute approximate surface area is 209 Å². The second-order valence-corrected chi connectivity index (χ2v) is 10.8. The molecule has 0 bridgehead atoms.